The standard InChI is InChI=1S/C20H12F5N3O7S.C15H17N3O6.C8H3NO5.C7H16N2O2.C4H4O3S/c21-13-14(22)16(24)18(17(25)15(13)23)35-11(30)7-36-6-10(29)26-4-5-27-19(31)8-2-1-3-9(28(33)34)12(8)20(27)32;1-15(2,3)24-14(21)16-7-8-17-12(19)9-5-4-6-10(18(22)23)11(9)13(17)20;10-7-4-2-1-3-5(9(12)13)6(4)8(11)14-7;1-7(2,3)11-6(10)9-5-4-8;5-3-1-8-2-4(6)7-3/h1-3H,4-7H2,(H,26,29);4-6H,7-8H2,1-3H3,(H,16,21);1-3H;4-5,8H2,1-3H3,(H,9,10);1-2H2. The SMILES string of the molecule is CC(C)(C)OC(=O)NCCN.CC(C)(C)OC(=O)NCCN1C(=O)c2cccc([N+](=O)[O-])c2C1=O.O=C(CSCC(=O)Oc1c(F)c(F)c(F)c(F)c1F)NCCN1C(=O)c2cccc([N+](=O)[O-])c2C1=O.O=C1CSCC(=O)O1.O=C1OC(=O)c2c1cccc2[N+](=O)[O-]. The first kappa shape index (κ1) is 74.9. The van der Waals surface area contributed by atoms with Gasteiger partial charge in [-0.3, -0.25) is 78.5 Å². The van der Waals surface area contributed by atoms with Crippen LogP contribution in [0.25, 0.3) is 0 Å². The molecular formula is C54H52F5N9O23S2. The number of esters is 5. The Labute approximate surface area is 528 Å². The summed E-state index contributed by atoms with van der Waals surface area (Å²) in [5.74, 6) is -21.7. The number of carbonyl (C=O) groups is 12. The zero-order valence-electron chi connectivity index (χ0n) is 49.2. The van der Waals surface area contributed by atoms with Crippen molar-refractivity contribution >= 4 is 112 Å². The van der Waals surface area contributed by atoms with Crippen LogP contribution in [0.3, 0.4) is 0 Å². The van der Waals surface area contributed by atoms with Gasteiger partial charge in [0.2, 0.25) is 40.7 Å². The van der Waals surface area contributed by atoms with E-state index in [0.29, 0.717) is 41.3 Å². The number of nitrogens with two attached hydrogens (primary N) is 1. The van der Waals surface area contributed by atoms with Crippen molar-refractivity contribution in [3.05, 3.63) is 147 Å². The summed E-state index contributed by atoms with van der Waals surface area (Å²) in [4.78, 5) is 170. The zero-order valence-corrected chi connectivity index (χ0v) is 50.8. The van der Waals surface area contributed by atoms with Crippen molar-refractivity contribution < 1.29 is 118 Å². The van der Waals surface area contributed by atoms with Crippen molar-refractivity contribution in [3.63, 3.8) is 0 Å². The number of nitrogens with zero attached hydrogens (tertiary/aromatic N) is 5. The fourth-order valence-electron chi connectivity index (χ4n) is 7.49. The second-order valence-corrected chi connectivity index (χ2v) is 22.2. The van der Waals surface area contributed by atoms with Gasteiger partial charge in [-0.05, 0) is 59.7 Å². The zero-order chi connectivity index (χ0) is 70.0. The summed E-state index contributed by atoms with van der Waals surface area (Å²) in [6.07, 6.45) is -1.09. The number of alkyl carbamates (subject to hydrolysis) is 2. The largest absolute Gasteiger partial charge is 0.444 e. The molecule has 0 radical (unpaired) electrons. The van der Waals surface area contributed by atoms with Gasteiger partial charge in [0.1, 0.15) is 22.3 Å². The summed E-state index contributed by atoms with van der Waals surface area (Å²) < 4.78 is 88.9. The first-order chi connectivity index (χ1) is 43.4. The predicted molar refractivity (Wildman–Crippen MR) is 308 cm³/mol. The molecule has 4 aromatic carbocycles. The van der Waals surface area contributed by atoms with E-state index >= 15 is 0 Å². The van der Waals surface area contributed by atoms with Gasteiger partial charge in [0.05, 0.1) is 54.5 Å². The summed E-state index contributed by atoms with van der Waals surface area (Å²) in [5, 5.41) is 39.9. The van der Waals surface area contributed by atoms with E-state index in [-0.39, 0.29) is 59.6 Å². The van der Waals surface area contributed by atoms with Crippen LogP contribution in [0.15, 0.2) is 54.6 Å². The Morgan fingerprint density at radius 3 is 1.35 bits per heavy atom. The van der Waals surface area contributed by atoms with Crippen LogP contribution in [0.5, 0.6) is 5.75 Å². The number of ether oxygens (including phenoxy) is 5. The molecule has 498 valence electrons. The molecule has 0 aliphatic carbocycles. The Bertz CT molecular complexity index is 3670. The minimum atomic E-state index is -2.42. The van der Waals surface area contributed by atoms with E-state index < -0.39 is 161 Å². The molecular weight excluding hydrogens is 1300 g/mol. The number of halogens is 5. The van der Waals surface area contributed by atoms with Crippen molar-refractivity contribution in [2.45, 2.75) is 52.7 Å². The van der Waals surface area contributed by atoms with Gasteiger partial charge in [-0.2, -0.15) is 8.78 Å². The molecule has 0 spiro atoms. The summed E-state index contributed by atoms with van der Waals surface area (Å²) in [7, 11) is 0. The highest BCUT2D eigenvalue weighted by Gasteiger charge is 2.42. The van der Waals surface area contributed by atoms with Crippen molar-refractivity contribution in [2.24, 2.45) is 5.73 Å². The Morgan fingerprint density at radius 1 is 0.559 bits per heavy atom. The summed E-state index contributed by atoms with van der Waals surface area (Å²) in [6.45, 7) is 10.8. The minimum absolute atomic E-state index is 0.00790. The van der Waals surface area contributed by atoms with E-state index in [1.165, 1.54) is 54.2 Å². The first-order valence-corrected chi connectivity index (χ1v) is 28.6. The molecule has 32 nitrogen and oxygen atoms in total. The van der Waals surface area contributed by atoms with E-state index in [1.807, 2.05) is 20.8 Å². The lowest BCUT2D eigenvalue weighted by Crippen LogP contribution is -2.40. The average molecular weight is 1350 g/mol. The Hall–Kier alpha value is -10.6. The lowest BCUT2D eigenvalue weighted by molar-refractivity contribution is -0.385. The molecule has 0 aromatic heterocycles. The van der Waals surface area contributed by atoms with Crippen molar-refractivity contribution in [1.82, 2.24) is 25.8 Å². The molecule has 8 rings (SSSR count). The number of rotatable bonds is 16. The second-order valence-electron chi connectivity index (χ2n) is 20.3. The number of nitro groups is 3. The first-order valence-electron chi connectivity index (χ1n) is 26.2. The van der Waals surface area contributed by atoms with Crippen LogP contribution in [0.2, 0.25) is 0 Å². The second kappa shape index (κ2) is 33.0. The molecule has 93 heavy (non-hydrogen) atoms. The third kappa shape index (κ3) is 20.7. The minimum Gasteiger partial charge on any atom is -0.444 e. The summed E-state index contributed by atoms with van der Waals surface area (Å²) in [5.41, 5.74) is 1.68. The molecule has 4 aliphatic heterocycles. The van der Waals surface area contributed by atoms with E-state index in [1.54, 1.807) is 20.8 Å². The highest BCUT2D eigenvalue weighted by atomic mass is 32.2. The highest BCUT2D eigenvalue weighted by Crippen LogP contribution is 2.33. The monoisotopic (exact) mass is 1350 g/mol. The number of fused-ring (bicyclic) bond motifs is 3. The van der Waals surface area contributed by atoms with Gasteiger partial charge in [0.25, 0.3) is 40.7 Å². The molecule has 4 aromatic rings. The number of thioether (sulfide) groups is 2. The molecule has 0 saturated carbocycles. The number of nitrogens with one attached hydrogen (secondary N) is 3. The maximum Gasteiger partial charge on any atom is 0.407 e. The fourth-order valence-corrected chi connectivity index (χ4v) is 8.66. The van der Waals surface area contributed by atoms with E-state index in [2.05, 4.69) is 30.2 Å². The quantitative estimate of drug-likeness (QED) is 0.0106. The maximum atomic E-state index is 13.5. The van der Waals surface area contributed by atoms with Crippen LogP contribution in [0, 0.1) is 59.4 Å². The molecule has 7 amide bonds. The van der Waals surface area contributed by atoms with E-state index in [0.717, 1.165) is 17.0 Å². The van der Waals surface area contributed by atoms with Crippen LogP contribution >= 0.6 is 23.5 Å². The number of hydrogen-bond acceptors (Lipinski definition) is 26. The maximum absolute atomic E-state index is 13.5. The number of imide groups is 2. The van der Waals surface area contributed by atoms with Gasteiger partial charge in [-0.1, -0.05) is 18.2 Å². The number of benzene rings is 4. The predicted octanol–water partition coefficient (Wildman–Crippen LogP) is 5.24. The van der Waals surface area contributed by atoms with Crippen LogP contribution < -0.4 is 26.4 Å². The molecule has 4 aliphatic rings. The van der Waals surface area contributed by atoms with Crippen LogP contribution in [-0.4, -0.2) is 170 Å². The summed E-state index contributed by atoms with van der Waals surface area (Å²) in [6, 6.07) is 11.3. The van der Waals surface area contributed by atoms with Gasteiger partial charge in [-0.15, -0.1) is 23.5 Å². The third-order valence-corrected chi connectivity index (χ3v) is 13.0. The average Bonchev–Trinajstić information content (AvgIpc) is 1.68. The number of carbonyl (C=O) groups excluding carboxylic acids is 12. The molecule has 5 N–H and O–H groups in total. The normalized spacial score (nSPS) is 13.5. The Balaban J connectivity index is 0.000000276. The Morgan fingerprint density at radius 2 is 0.957 bits per heavy atom. The van der Waals surface area contributed by atoms with Gasteiger partial charge in [0.15, 0.2) is 5.56 Å². The molecule has 4 heterocycles. The van der Waals surface area contributed by atoms with Gasteiger partial charge >= 0.3 is 42.0 Å². The molecule has 0 atom stereocenters. The van der Waals surface area contributed by atoms with Crippen LogP contribution in [-0.2, 0) is 38.1 Å². The summed E-state index contributed by atoms with van der Waals surface area (Å²) >= 11 is 1.86. The lowest BCUT2D eigenvalue weighted by Gasteiger charge is -2.20. The smallest absolute Gasteiger partial charge is 0.407 e. The van der Waals surface area contributed by atoms with Gasteiger partial charge in [0, 0.05) is 57.5 Å². The molecule has 39 heteroatoms. The van der Waals surface area contributed by atoms with E-state index in [9.17, 15) is 110 Å². The number of cyclic esters (lactones) is 4. The highest BCUT2D eigenvalue weighted by molar-refractivity contribution is 8.00. The third-order valence-electron chi connectivity index (χ3n) is 11.2. The molecule has 0 unspecified atom stereocenters. The topological polar surface area (TPSA) is 449 Å². The van der Waals surface area contributed by atoms with Crippen molar-refractivity contribution in [1.29, 1.82) is 0 Å². The fraction of sp³-hybridized carbons (Fsp3) is 0.333. The van der Waals surface area contributed by atoms with Crippen molar-refractivity contribution in [3.8, 4) is 5.75 Å². The number of nitro benzene ring substituents is 3. The van der Waals surface area contributed by atoms with Crippen LogP contribution in [0.1, 0.15) is 104 Å². The molecule has 1 fully saturated rings. The van der Waals surface area contributed by atoms with Gasteiger partial charge in [-0.25, -0.2) is 32.3 Å². The van der Waals surface area contributed by atoms with E-state index in [4.69, 9.17) is 15.2 Å². The molecule has 0 bridgehead atoms. The van der Waals surface area contributed by atoms with Gasteiger partial charge < -0.3 is 45.4 Å². The molecule has 1 saturated heterocycles. The number of amides is 7. The van der Waals surface area contributed by atoms with Crippen LogP contribution in [0.4, 0.5) is 48.6 Å². The van der Waals surface area contributed by atoms with Crippen molar-refractivity contribution in [2.75, 3.05) is 62.3 Å². The lowest BCUT2D eigenvalue weighted by atomic mass is 10.1. The number of hydrogen-bond donors (Lipinski definition) is 4. The Kier molecular flexibility index (Phi) is 26.5.